The van der Waals surface area contributed by atoms with E-state index >= 15 is 0 Å². The SMILES string of the molecule is O=C(Cc1cccc(F)c1)N1CCCN(C(=O)c2ccccc2)CC1. The van der Waals surface area contributed by atoms with E-state index in [-0.39, 0.29) is 24.1 Å². The van der Waals surface area contributed by atoms with Crippen LogP contribution >= 0.6 is 0 Å². The lowest BCUT2D eigenvalue weighted by molar-refractivity contribution is -0.130. The molecule has 5 heteroatoms. The molecule has 0 atom stereocenters. The van der Waals surface area contributed by atoms with Crippen molar-refractivity contribution in [3.8, 4) is 0 Å². The second-order valence-corrected chi connectivity index (χ2v) is 6.20. The minimum absolute atomic E-state index is 0.0000272. The van der Waals surface area contributed by atoms with Gasteiger partial charge in [-0.3, -0.25) is 9.59 Å². The molecule has 1 aliphatic rings. The van der Waals surface area contributed by atoms with Crippen molar-refractivity contribution in [2.45, 2.75) is 12.8 Å². The van der Waals surface area contributed by atoms with Gasteiger partial charge >= 0.3 is 0 Å². The summed E-state index contributed by atoms with van der Waals surface area (Å²) in [5.41, 5.74) is 1.34. The summed E-state index contributed by atoms with van der Waals surface area (Å²) in [5.74, 6) is -0.361. The maximum Gasteiger partial charge on any atom is 0.253 e. The largest absolute Gasteiger partial charge is 0.341 e. The van der Waals surface area contributed by atoms with Gasteiger partial charge in [-0.25, -0.2) is 4.39 Å². The Bertz CT molecular complexity index is 748. The van der Waals surface area contributed by atoms with Crippen molar-refractivity contribution in [2.75, 3.05) is 26.2 Å². The number of hydrogen-bond acceptors (Lipinski definition) is 2. The topological polar surface area (TPSA) is 40.6 Å². The van der Waals surface area contributed by atoms with Gasteiger partial charge in [0.2, 0.25) is 5.91 Å². The maximum atomic E-state index is 13.3. The second kappa shape index (κ2) is 7.92. The first kappa shape index (κ1) is 17.1. The number of carbonyl (C=O) groups is 2. The molecule has 0 spiro atoms. The first-order chi connectivity index (χ1) is 12.1. The average molecular weight is 340 g/mol. The lowest BCUT2D eigenvalue weighted by Crippen LogP contribution is -2.38. The number of hydrogen-bond donors (Lipinski definition) is 0. The third-order valence-corrected chi connectivity index (χ3v) is 4.40. The van der Waals surface area contributed by atoms with Crippen molar-refractivity contribution in [3.05, 3.63) is 71.5 Å². The Labute approximate surface area is 146 Å². The molecule has 0 N–H and O–H groups in total. The molecule has 130 valence electrons. The van der Waals surface area contributed by atoms with Crippen LogP contribution in [0.3, 0.4) is 0 Å². The first-order valence-electron chi connectivity index (χ1n) is 8.50. The van der Waals surface area contributed by atoms with E-state index in [0.29, 0.717) is 37.3 Å². The van der Waals surface area contributed by atoms with Gasteiger partial charge in [-0.15, -0.1) is 0 Å². The van der Waals surface area contributed by atoms with Gasteiger partial charge in [-0.2, -0.15) is 0 Å². The molecule has 2 aromatic rings. The summed E-state index contributed by atoms with van der Waals surface area (Å²) in [4.78, 5) is 28.6. The maximum absolute atomic E-state index is 13.3. The molecule has 2 aromatic carbocycles. The van der Waals surface area contributed by atoms with Crippen LogP contribution in [0, 0.1) is 5.82 Å². The zero-order valence-electron chi connectivity index (χ0n) is 14.0. The summed E-state index contributed by atoms with van der Waals surface area (Å²) in [6.45, 7) is 2.28. The normalized spacial score (nSPS) is 14.9. The fourth-order valence-electron chi connectivity index (χ4n) is 3.07. The van der Waals surface area contributed by atoms with E-state index in [1.807, 2.05) is 18.2 Å². The molecule has 0 aliphatic carbocycles. The van der Waals surface area contributed by atoms with Gasteiger partial charge in [0.1, 0.15) is 5.82 Å². The molecule has 2 amide bonds. The zero-order valence-corrected chi connectivity index (χ0v) is 14.0. The van der Waals surface area contributed by atoms with Crippen LogP contribution in [-0.2, 0) is 11.2 Å². The first-order valence-corrected chi connectivity index (χ1v) is 8.50. The molecule has 0 saturated carbocycles. The fraction of sp³-hybridized carbons (Fsp3) is 0.300. The molecule has 1 saturated heterocycles. The van der Waals surface area contributed by atoms with Gasteiger partial charge in [0.05, 0.1) is 6.42 Å². The van der Waals surface area contributed by atoms with Crippen LogP contribution in [0.2, 0.25) is 0 Å². The monoisotopic (exact) mass is 340 g/mol. The minimum atomic E-state index is -0.333. The smallest absolute Gasteiger partial charge is 0.253 e. The third-order valence-electron chi connectivity index (χ3n) is 4.40. The summed E-state index contributed by atoms with van der Waals surface area (Å²) < 4.78 is 13.3. The van der Waals surface area contributed by atoms with Gasteiger partial charge in [0, 0.05) is 31.7 Å². The van der Waals surface area contributed by atoms with Crippen LogP contribution in [0.4, 0.5) is 4.39 Å². The van der Waals surface area contributed by atoms with Crippen LogP contribution in [0.25, 0.3) is 0 Å². The molecule has 1 aliphatic heterocycles. The van der Waals surface area contributed by atoms with Crippen molar-refractivity contribution >= 4 is 11.8 Å². The molecule has 4 nitrogen and oxygen atoms in total. The third kappa shape index (κ3) is 4.44. The summed E-state index contributed by atoms with van der Waals surface area (Å²) in [6, 6.07) is 15.3. The van der Waals surface area contributed by atoms with Crippen molar-refractivity contribution < 1.29 is 14.0 Å². The van der Waals surface area contributed by atoms with E-state index in [2.05, 4.69) is 0 Å². The molecule has 0 unspecified atom stereocenters. The Morgan fingerprint density at radius 3 is 2.36 bits per heavy atom. The molecule has 25 heavy (non-hydrogen) atoms. The highest BCUT2D eigenvalue weighted by molar-refractivity contribution is 5.94. The van der Waals surface area contributed by atoms with E-state index < -0.39 is 0 Å². The second-order valence-electron chi connectivity index (χ2n) is 6.20. The molecule has 1 fully saturated rings. The summed E-state index contributed by atoms with van der Waals surface area (Å²) >= 11 is 0. The quantitative estimate of drug-likeness (QED) is 0.862. The fourth-order valence-corrected chi connectivity index (χ4v) is 3.07. The number of nitrogens with zero attached hydrogens (tertiary/aromatic N) is 2. The Morgan fingerprint density at radius 2 is 1.60 bits per heavy atom. The van der Waals surface area contributed by atoms with Crippen LogP contribution in [0.5, 0.6) is 0 Å². The lowest BCUT2D eigenvalue weighted by atomic mass is 10.1. The Hall–Kier alpha value is -2.69. The van der Waals surface area contributed by atoms with Crippen molar-refractivity contribution in [1.29, 1.82) is 0 Å². The average Bonchev–Trinajstić information content (AvgIpc) is 2.88. The van der Waals surface area contributed by atoms with E-state index in [1.165, 1.54) is 12.1 Å². The van der Waals surface area contributed by atoms with Crippen LogP contribution in [0.1, 0.15) is 22.3 Å². The van der Waals surface area contributed by atoms with Crippen molar-refractivity contribution in [1.82, 2.24) is 9.80 Å². The summed E-state index contributed by atoms with van der Waals surface area (Å²) in [6.07, 6.45) is 0.928. The number of rotatable bonds is 3. The number of carbonyl (C=O) groups excluding carboxylic acids is 2. The minimum Gasteiger partial charge on any atom is -0.341 e. The van der Waals surface area contributed by atoms with E-state index in [9.17, 15) is 14.0 Å². The van der Waals surface area contributed by atoms with Gasteiger partial charge in [-0.1, -0.05) is 30.3 Å². The number of halogens is 1. The van der Waals surface area contributed by atoms with Crippen molar-refractivity contribution in [3.63, 3.8) is 0 Å². The van der Waals surface area contributed by atoms with Gasteiger partial charge in [0.25, 0.3) is 5.91 Å². The highest BCUT2D eigenvalue weighted by Gasteiger charge is 2.22. The van der Waals surface area contributed by atoms with E-state index in [4.69, 9.17) is 0 Å². The number of benzene rings is 2. The predicted molar refractivity (Wildman–Crippen MR) is 93.6 cm³/mol. The Balaban J connectivity index is 1.59. The van der Waals surface area contributed by atoms with E-state index in [0.717, 1.165) is 6.42 Å². The van der Waals surface area contributed by atoms with Crippen molar-refractivity contribution in [2.24, 2.45) is 0 Å². The highest BCUT2D eigenvalue weighted by atomic mass is 19.1. The molecule has 3 rings (SSSR count). The molecular weight excluding hydrogens is 319 g/mol. The Kier molecular flexibility index (Phi) is 5.43. The van der Waals surface area contributed by atoms with Crippen LogP contribution < -0.4 is 0 Å². The lowest BCUT2D eigenvalue weighted by Gasteiger charge is -2.22. The summed E-state index contributed by atoms with van der Waals surface area (Å²) in [5, 5.41) is 0. The van der Waals surface area contributed by atoms with Gasteiger partial charge in [-0.05, 0) is 36.2 Å². The van der Waals surface area contributed by atoms with Crippen LogP contribution in [0.15, 0.2) is 54.6 Å². The van der Waals surface area contributed by atoms with Gasteiger partial charge in [0.15, 0.2) is 0 Å². The van der Waals surface area contributed by atoms with E-state index in [1.54, 1.807) is 34.1 Å². The standard InChI is InChI=1S/C20H21FN2O2/c21-18-9-4-6-16(14-18)15-19(24)22-10-5-11-23(13-12-22)20(25)17-7-2-1-3-8-17/h1-4,6-9,14H,5,10-13,15H2. The number of amides is 2. The molecule has 0 aromatic heterocycles. The molecular formula is C20H21FN2O2. The zero-order chi connectivity index (χ0) is 17.6. The molecule has 0 bridgehead atoms. The molecule has 1 heterocycles. The van der Waals surface area contributed by atoms with Gasteiger partial charge < -0.3 is 9.80 Å². The van der Waals surface area contributed by atoms with Crippen LogP contribution in [-0.4, -0.2) is 47.8 Å². The Morgan fingerprint density at radius 1 is 0.880 bits per heavy atom. The highest BCUT2D eigenvalue weighted by Crippen LogP contribution is 2.11. The summed E-state index contributed by atoms with van der Waals surface area (Å²) in [7, 11) is 0. The molecule has 0 radical (unpaired) electrons. The predicted octanol–water partition coefficient (Wildman–Crippen LogP) is 2.74.